The van der Waals surface area contributed by atoms with E-state index in [0.717, 1.165) is 16.5 Å². The number of halogens is 3. The van der Waals surface area contributed by atoms with E-state index in [9.17, 15) is 18.0 Å². The van der Waals surface area contributed by atoms with Crippen LogP contribution in [0.4, 0.5) is 13.2 Å². The average Bonchev–Trinajstić information content (AvgIpc) is 3.29. The molecule has 152 valence electrons. The molecule has 0 spiro atoms. The van der Waals surface area contributed by atoms with Crippen LogP contribution in [0, 0.1) is 6.92 Å². The van der Waals surface area contributed by atoms with Gasteiger partial charge in [-0.25, -0.2) is 5.43 Å². The minimum Gasteiger partial charge on any atom is -0.486 e. The Kier molecular flexibility index (Phi) is 6.01. The number of nitrogens with one attached hydrogen (secondary N) is 1. The van der Waals surface area contributed by atoms with Crippen molar-refractivity contribution in [1.29, 1.82) is 0 Å². The van der Waals surface area contributed by atoms with E-state index >= 15 is 0 Å². The zero-order valence-corrected chi connectivity index (χ0v) is 15.3. The van der Waals surface area contributed by atoms with Crippen LogP contribution in [0.2, 0.25) is 0 Å². The average molecular weight is 406 g/mol. The molecule has 0 bridgehead atoms. The predicted octanol–water partition coefficient (Wildman–Crippen LogP) is 3.69. The van der Waals surface area contributed by atoms with E-state index in [1.54, 1.807) is 6.07 Å². The Morgan fingerprint density at radius 2 is 2.00 bits per heavy atom. The van der Waals surface area contributed by atoms with E-state index in [4.69, 9.17) is 9.15 Å². The monoisotopic (exact) mass is 406 g/mol. The molecule has 0 atom stereocenters. The molecule has 0 saturated heterocycles. The number of nitrogens with zero attached hydrogens (tertiary/aromatic N) is 3. The molecule has 1 amide bonds. The molecule has 0 saturated carbocycles. The summed E-state index contributed by atoms with van der Waals surface area (Å²) >= 11 is 0. The summed E-state index contributed by atoms with van der Waals surface area (Å²) in [5, 5.41) is 7.35. The maximum absolute atomic E-state index is 12.3. The van der Waals surface area contributed by atoms with Gasteiger partial charge in [0.1, 0.15) is 30.4 Å². The van der Waals surface area contributed by atoms with Gasteiger partial charge in [0, 0.05) is 6.20 Å². The summed E-state index contributed by atoms with van der Waals surface area (Å²) in [6.07, 6.45) is -2.06. The highest BCUT2D eigenvalue weighted by Gasteiger charge is 2.28. The molecule has 29 heavy (non-hydrogen) atoms. The van der Waals surface area contributed by atoms with Gasteiger partial charge in [0.2, 0.25) is 0 Å². The van der Waals surface area contributed by atoms with Crippen LogP contribution in [0.15, 0.2) is 58.2 Å². The standard InChI is InChI=1S/C19H17F3N4O3/c1-13-2-4-15(5-3-13)28-11-16-6-7-17(29-16)18(27)24-23-10-14-8-9-26(25-14)12-19(20,21)22/h2-10H,11-12H2,1H3,(H,24,27)/b23-10-. The van der Waals surface area contributed by atoms with E-state index in [2.05, 4.69) is 15.6 Å². The fourth-order valence-electron chi connectivity index (χ4n) is 2.30. The molecule has 0 fully saturated rings. The fourth-order valence-corrected chi connectivity index (χ4v) is 2.30. The Labute approximate surface area is 163 Å². The van der Waals surface area contributed by atoms with Crippen LogP contribution < -0.4 is 10.2 Å². The van der Waals surface area contributed by atoms with E-state index < -0.39 is 18.6 Å². The van der Waals surface area contributed by atoms with Crippen molar-refractivity contribution >= 4 is 12.1 Å². The maximum Gasteiger partial charge on any atom is 0.408 e. The third-order valence-electron chi connectivity index (χ3n) is 3.65. The summed E-state index contributed by atoms with van der Waals surface area (Å²) in [6.45, 7) is 0.918. The molecule has 1 N–H and O–H groups in total. The highest BCUT2D eigenvalue weighted by molar-refractivity contribution is 5.92. The molecule has 10 heteroatoms. The fraction of sp³-hybridized carbons (Fsp3) is 0.211. The van der Waals surface area contributed by atoms with Gasteiger partial charge >= 0.3 is 12.1 Å². The van der Waals surface area contributed by atoms with Crippen molar-refractivity contribution in [2.45, 2.75) is 26.3 Å². The summed E-state index contributed by atoms with van der Waals surface area (Å²) < 4.78 is 48.6. The number of aromatic nitrogens is 2. The number of hydrazone groups is 1. The number of carbonyl (C=O) groups excluding carboxylic acids is 1. The van der Waals surface area contributed by atoms with Crippen molar-refractivity contribution in [3.05, 3.63) is 71.4 Å². The Balaban J connectivity index is 1.49. The van der Waals surface area contributed by atoms with Crippen molar-refractivity contribution in [3.63, 3.8) is 0 Å². The van der Waals surface area contributed by atoms with Crippen molar-refractivity contribution in [3.8, 4) is 5.75 Å². The van der Waals surface area contributed by atoms with Crippen LogP contribution in [-0.4, -0.2) is 28.1 Å². The van der Waals surface area contributed by atoms with Crippen molar-refractivity contribution in [2.75, 3.05) is 0 Å². The number of benzene rings is 1. The number of hydrogen-bond donors (Lipinski definition) is 1. The summed E-state index contributed by atoms with van der Waals surface area (Å²) in [6, 6.07) is 11.9. The van der Waals surface area contributed by atoms with Gasteiger partial charge in [0.05, 0.1) is 6.21 Å². The van der Waals surface area contributed by atoms with E-state index in [-0.39, 0.29) is 18.1 Å². The van der Waals surface area contributed by atoms with Gasteiger partial charge in [-0.1, -0.05) is 17.7 Å². The van der Waals surface area contributed by atoms with Gasteiger partial charge in [0.15, 0.2) is 5.76 Å². The summed E-state index contributed by atoms with van der Waals surface area (Å²) in [4.78, 5) is 12.0. The second kappa shape index (κ2) is 8.63. The van der Waals surface area contributed by atoms with Gasteiger partial charge in [-0.15, -0.1) is 0 Å². The summed E-state index contributed by atoms with van der Waals surface area (Å²) in [5.41, 5.74) is 3.50. The quantitative estimate of drug-likeness (QED) is 0.479. The molecular formula is C19H17F3N4O3. The minimum absolute atomic E-state index is 0.0206. The maximum atomic E-state index is 12.3. The molecule has 3 aromatic rings. The Morgan fingerprint density at radius 3 is 2.72 bits per heavy atom. The number of aryl methyl sites for hydroxylation is 1. The lowest BCUT2D eigenvalue weighted by atomic mass is 10.2. The third-order valence-corrected chi connectivity index (χ3v) is 3.65. The Morgan fingerprint density at radius 1 is 1.24 bits per heavy atom. The lowest BCUT2D eigenvalue weighted by molar-refractivity contribution is -0.142. The molecule has 0 radical (unpaired) electrons. The van der Waals surface area contributed by atoms with Crippen LogP contribution in [0.3, 0.4) is 0 Å². The zero-order chi connectivity index (χ0) is 20.9. The lowest BCUT2D eigenvalue weighted by Crippen LogP contribution is -2.18. The normalized spacial score (nSPS) is 11.7. The first kappa shape index (κ1) is 20.2. The second-order valence-electron chi connectivity index (χ2n) is 6.12. The molecule has 1 aromatic carbocycles. The Hall–Kier alpha value is -3.56. The number of hydrogen-bond acceptors (Lipinski definition) is 5. The van der Waals surface area contributed by atoms with Gasteiger partial charge in [-0.3, -0.25) is 9.48 Å². The van der Waals surface area contributed by atoms with E-state index in [0.29, 0.717) is 11.5 Å². The topological polar surface area (TPSA) is 81.6 Å². The SMILES string of the molecule is Cc1ccc(OCc2ccc(C(=O)N/N=C\c3ccn(CC(F)(F)F)n3)o2)cc1. The first-order valence-corrected chi connectivity index (χ1v) is 8.50. The predicted molar refractivity (Wildman–Crippen MR) is 97.6 cm³/mol. The van der Waals surface area contributed by atoms with Crippen molar-refractivity contribution in [2.24, 2.45) is 5.10 Å². The molecule has 0 aliphatic heterocycles. The third kappa shape index (κ3) is 6.23. The minimum atomic E-state index is -4.37. The van der Waals surface area contributed by atoms with E-state index in [1.165, 1.54) is 18.3 Å². The van der Waals surface area contributed by atoms with Crippen molar-refractivity contribution < 1.29 is 27.1 Å². The molecule has 2 heterocycles. The molecule has 0 unspecified atom stereocenters. The molecule has 2 aromatic heterocycles. The molecule has 0 aliphatic rings. The number of furan rings is 1. The summed E-state index contributed by atoms with van der Waals surface area (Å²) in [5.74, 6) is 0.531. The number of ether oxygens (including phenoxy) is 1. The van der Waals surface area contributed by atoms with Gasteiger partial charge in [-0.05, 0) is 37.3 Å². The van der Waals surface area contributed by atoms with Crippen LogP contribution in [0.25, 0.3) is 0 Å². The summed E-state index contributed by atoms with van der Waals surface area (Å²) in [7, 11) is 0. The van der Waals surface area contributed by atoms with Crippen LogP contribution >= 0.6 is 0 Å². The van der Waals surface area contributed by atoms with Crippen LogP contribution in [0.1, 0.15) is 27.6 Å². The first-order chi connectivity index (χ1) is 13.8. The first-order valence-electron chi connectivity index (χ1n) is 8.50. The molecular weight excluding hydrogens is 389 g/mol. The zero-order valence-electron chi connectivity index (χ0n) is 15.3. The highest BCUT2D eigenvalue weighted by Crippen LogP contribution is 2.17. The van der Waals surface area contributed by atoms with E-state index in [1.807, 2.05) is 31.2 Å². The number of amides is 1. The number of carbonyl (C=O) groups is 1. The van der Waals surface area contributed by atoms with Crippen LogP contribution in [-0.2, 0) is 13.2 Å². The molecule has 0 aliphatic carbocycles. The second-order valence-corrected chi connectivity index (χ2v) is 6.12. The smallest absolute Gasteiger partial charge is 0.408 e. The van der Waals surface area contributed by atoms with Gasteiger partial charge in [-0.2, -0.15) is 23.4 Å². The molecule has 3 rings (SSSR count). The largest absolute Gasteiger partial charge is 0.486 e. The van der Waals surface area contributed by atoms with Gasteiger partial charge < -0.3 is 9.15 Å². The molecule has 7 nitrogen and oxygen atoms in total. The Bertz CT molecular complexity index is 991. The number of alkyl halides is 3. The highest BCUT2D eigenvalue weighted by atomic mass is 19.4. The van der Waals surface area contributed by atoms with Crippen LogP contribution in [0.5, 0.6) is 5.75 Å². The van der Waals surface area contributed by atoms with Crippen molar-refractivity contribution in [1.82, 2.24) is 15.2 Å². The lowest BCUT2D eigenvalue weighted by Gasteiger charge is -2.04. The van der Waals surface area contributed by atoms with Gasteiger partial charge in [0.25, 0.3) is 0 Å². The number of rotatable bonds is 7.